The Hall–Kier alpha value is -0.650. The summed E-state index contributed by atoms with van der Waals surface area (Å²) in [6, 6.07) is 0. The summed E-state index contributed by atoms with van der Waals surface area (Å²) in [6.45, 7) is 2.91. The number of rotatable bonds is 1. The summed E-state index contributed by atoms with van der Waals surface area (Å²) in [7, 11) is 0. The zero-order valence-electron chi connectivity index (χ0n) is 8.08. The average Bonchev–Trinajstić information content (AvgIpc) is 2.19. The van der Waals surface area contributed by atoms with Crippen molar-refractivity contribution in [2.45, 2.75) is 24.5 Å². The SMILES string of the molecule is O=C(O)C1CNC2(CCNCC2)CO1. The predicted octanol–water partition coefficient (Wildman–Crippen LogP) is -0.818. The van der Waals surface area contributed by atoms with Crippen LogP contribution in [0, 0.1) is 0 Å². The van der Waals surface area contributed by atoms with Crippen LogP contribution in [0.4, 0.5) is 0 Å². The molecular formula is C9H16N2O3. The lowest BCUT2D eigenvalue weighted by Crippen LogP contribution is -2.62. The molecule has 0 bridgehead atoms. The van der Waals surface area contributed by atoms with Crippen LogP contribution < -0.4 is 10.6 Å². The van der Waals surface area contributed by atoms with E-state index in [0.29, 0.717) is 13.2 Å². The van der Waals surface area contributed by atoms with Crippen LogP contribution in [0.5, 0.6) is 0 Å². The second-order valence-corrected chi connectivity index (χ2v) is 4.05. The van der Waals surface area contributed by atoms with Crippen molar-refractivity contribution >= 4 is 5.97 Å². The van der Waals surface area contributed by atoms with E-state index in [4.69, 9.17) is 9.84 Å². The third-order valence-electron chi connectivity index (χ3n) is 3.06. The Kier molecular flexibility index (Phi) is 2.71. The molecular weight excluding hydrogens is 184 g/mol. The van der Waals surface area contributed by atoms with Crippen molar-refractivity contribution in [2.24, 2.45) is 0 Å². The molecule has 5 nitrogen and oxygen atoms in total. The maximum atomic E-state index is 10.6. The average molecular weight is 200 g/mol. The maximum absolute atomic E-state index is 10.6. The quantitative estimate of drug-likeness (QED) is 0.516. The van der Waals surface area contributed by atoms with Gasteiger partial charge in [-0.15, -0.1) is 0 Å². The Labute approximate surface area is 82.8 Å². The topological polar surface area (TPSA) is 70.6 Å². The zero-order valence-corrected chi connectivity index (χ0v) is 8.08. The van der Waals surface area contributed by atoms with Crippen molar-refractivity contribution in [1.29, 1.82) is 0 Å². The minimum absolute atomic E-state index is 0.0250. The number of carboxylic acids is 1. The van der Waals surface area contributed by atoms with E-state index >= 15 is 0 Å². The normalized spacial score (nSPS) is 31.6. The van der Waals surface area contributed by atoms with Crippen molar-refractivity contribution < 1.29 is 14.6 Å². The van der Waals surface area contributed by atoms with Gasteiger partial charge < -0.3 is 20.5 Å². The van der Waals surface area contributed by atoms with Crippen LogP contribution in [0.15, 0.2) is 0 Å². The first-order valence-corrected chi connectivity index (χ1v) is 5.02. The Bertz CT molecular complexity index is 216. The molecule has 14 heavy (non-hydrogen) atoms. The third-order valence-corrected chi connectivity index (χ3v) is 3.06. The minimum atomic E-state index is -0.874. The summed E-state index contributed by atoms with van der Waals surface area (Å²) in [5.74, 6) is -0.874. The fourth-order valence-corrected chi connectivity index (χ4v) is 2.06. The monoisotopic (exact) mass is 200 g/mol. The first-order valence-electron chi connectivity index (χ1n) is 5.02. The van der Waals surface area contributed by atoms with Gasteiger partial charge in [0, 0.05) is 12.1 Å². The van der Waals surface area contributed by atoms with Crippen molar-refractivity contribution in [3.63, 3.8) is 0 Å². The highest BCUT2D eigenvalue weighted by Crippen LogP contribution is 2.22. The highest BCUT2D eigenvalue weighted by atomic mass is 16.5. The van der Waals surface area contributed by atoms with Crippen molar-refractivity contribution in [2.75, 3.05) is 26.2 Å². The van der Waals surface area contributed by atoms with Gasteiger partial charge in [0.2, 0.25) is 0 Å². The Morgan fingerprint density at radius 3 is 2.64 bits per heavy atom. The van der Waals surface area contributed by atoms with Crippen LogP contribution in [-0.4, -0.2) is 49.0 Å². The Balaban J connectivity index is 1.90. The number of piperidine rings is 1. The van der Waals surface area contributed by atoms with Gasteiger partial charge in [0.05, 0.1) is 6.61 Å². The molecule has 0 aliphatic carbocycles. The molecule has 3 N–H and O–H groups in total. The molecule has 2 fully saturated rings. The molecule has 0 aromatic heterocycles. The predicted molar refractivity (Wildman–Crippen MR) is 50.2 cm³/mol. The molecule has 2 saturated heterocycles. The van der Waals surface area contributed by atoms with E-state index in [-0.39, 0.29) is 5.54 Å². The van der Waals surface area contributed by atoms with Crippen LogP contribution in [0.25, 0.3) is 0 Å². The highest BCUT2D eigenvalue weighted by Gasteiger charge is 2.38. The lowest BCUT2D eigenvalue weighted by atomic mass is 9.88. The number of hydrogen-bond donors (Lipinski definition) is 3. The number of morpholine rings is 1. The second kappa shape index (κ2) is 3.84. The molecule has 1 spiro atoms. The fourth-order valence-electron chi connectivity index (χ4n) is 2.06. The Morgan fingerprint density at radius 2 is 2.14 bits per heavy atom. The van der Waals surface area contributed by atoms with Crippen LogP contribution >= 0.6 is 0 Å². The van der Waals surface area contributed by atoms with E-state index in [9.17, 15) is 4.79 Å². The Morgan fingerprint density at radius 1 is 1.43 bits per heavy atom. The van der Waals surface area contributed by atoms with Gasteiger partial charge >= 0.3 is 5.97 Å². The number of aliphatic carboxylic acids is 1. The molecule has 1 unspecified atom stereocenters. The third kappa shape index (κ3) is 1.89. The molecule has 2 heterocycles. The number of hydrogen-bond acceptors (Lipinski definition) is 4. The minimum Gasteiger partial charge on any atom is -0.479 e. The van der Waals surface area contributed by atoms with E-state index < -0.39 is 12.1 Å². The van der Waals surface area contributed by atoms with Crippen molar-refractivity contribution in [3.05, 3.63) is 0 Å². The van der Waals surface area contributed by atoms with Gasteiger partial charge in [0.25, 0.3) is 0 Å². The van der Waals surface area contributed by atoms with Crippen LogP contribution in [0.1, 0.15) is 12.8 Å². The molecule has 5 heteroatoms. The second-order valence-electron chi connectivity index (χ2n) is 4.05. The van der Waals surface area contributed by atoms with Crippen LogP contribution in [0.3, 0.4) is 0 Å². The summed E-state index contributed by atoms with van der Waals surface area (Å²) in [4.78, 5) is 10.6. The van der Waals surface area contributed by atoms with Crippen molar-refractivity contribution in [3.8, 4) is 0 Å². The fraction of sp³-hybridized carbons (Fsp3) is 0.889. The van der Waals surface area contributed by atoms with E-state index in [2.05, 4.69) is 10.6 Å². The smallest absolute Gasteiger partial charge is 0.334 e. The first-order chi connectivity index (χ1) is 6.72. The molecule has 0 amide bonds. The maximum Gasteiger partial charge on any atom is 0.334 e. The number of ether oxygens (including phenoxy) is 1. The molecule has 1 atom stereocenters. The van der Waals surface area contributed by atoms with Gasteiger partial charge in [-0.05, 0) is 25.9 Å². The van der Waals surface area contributed by atoms with Gasteiger partial charge in [0.15, 0.2) is 6.10 Å². The molecule has 0 aromatic rings. The highest BCUT2D eigenvalue weighted by molar-refractivity contribution is 5.72. The summed E-state index contributed by atoms with van der Waals surface area (Å²) >= 11 is 0. The van der Waals surface area contributed by atoms with Crippen molar-refractivity contribution in [1.82, 2.24) is 10.6 Å². The van der Waals surface area contributed by atoms with E-state index in [1.54, 1.807) is 0 Å². The molecule has 2 rings (SSSR count). The van der Waals surface area contributed by atoms with Gasteiger partial charge in [-0.3, -0.25) is 0 Å². The number of nitrogens with one attached hydrogen (secondary N) is 2. The lowest BCUT2D eigenvalue weighted by Gasteiger charge is -2.42. The van der Waals surface area contributed by atoms with Gasteiger partial charge in [-0.2, -0.15) is 0 Å². The van der Waals surface area contributed by atoms with Gasteiger partial charge in [-0.1, -0.05) is 0 Å². The van der Waals surface area contributed by atoms with E-state index in [1.165, 1.54) is 0 Å². The molecule has 0 radical (unpaired) electrons. The molecule has 0 saturated carbocycles. The van der Waals surface area contributed by atoms with Gasteiger partial charge in [-0.25, -0.2) is 4.79 Å². The molecule has 0 aromatic carbocycles. The number of carbonyl (C=O) groups is 1. The largest absolute Gasteiger partial charge is 0.479 e. The first kappa shape index (κ1) is 9.89. The van der Waals surface area contributed by atoms with Crippen LogP contribution in [-0.2, 0) is 9.53 Å². The molecule has 80 valence electrons. The zero-order chi connectivity index (χ0) is 10.0. The van der Waals surface area contributed by atoms with Crippen LogP contribution in [0.2, 0.25) is 0 Å². The number of carboxylic acid groups (broad SMARTS) is 1. The molecule has 2 aliphatic rings. The van der Waals surface area contributed by atoms with E-state index in [1.807, 2.05) is 0 Å². The van der Waals surface area contributed by atoms with E-state index in [0.717, 1.165) is 25.9 Å². The molecule has 2 aliphatic heterocycles. The summed E-state index contributed by atoms with van der Waals surface area (Å²) in [6.07, 6.45) is 1.36. The summed E-state index contributed by atoms with van der Waals surface area (Å²) in [5.41, 5.74) is 0.0250. The van der Waals surface area contributed by atoms with Gasteiger partial charge in [0.1, 0.15) is 0 Å². The summed E-state index contributed by atoms with van der Waals surface area (Å²) in [5, 5.41) is 15.3. The summed E-state index contributed by atoms with van der Waals surface area (Å²) < 4.78 is 5.34. The standard InChI is InChI=1S/C9H16N2O3/c12-8(13)7-5-11-9(6-14-7)1-3-10-4-2-9/h7,10-11H,1-6H2,(H,12,13). The lowest BCUT2D eigenvalue weighted by molar-refractivity contribution is -0.156.